The van der Waals surface area contributed by atoms with Crippen molar-refractivity contribution in [2.75, 3.05) is 10.2 Å². The van der Waals surface area contributed by atoms with Crippen molar-refractivity contribution < 1.29 is 14.4 Å². The summed E-state index contributed by atoms with van der Waals surface area (Å²) in [4.78, 5) is 37.5. The summed E-state index contributed by atoms with van der Waals surface area (Å²) < 4.78 is 0. The lowest BCUT2D eigenvalue weighted by molar-refractivity contribution is 0.0986. The molecule has 0 unspecified atom stereocenters. The molecule has 4 aromatic rings. The Kier molecular flexibility index (Phi) is 5.85. The second kappa shape index (κ2) is 9.27. The summed E-state index contributed by atoms with van der Waals surface area (Å²) in [6.45, 7) is 0. The maximum absolute atomic E-state index is 12.3. The largest absolute Gasteiger partial charge is 0.355 e. The minimum absolute atomic E-state index is 0.00759. The molecule has 0 radical (unpaired) electrons. The summed E-state index contributed by atoms with van der Waals surface area (Å²) in [7, 11) is 0. The van der Waals surface area contributed by atoms with Crippen molar-refractivity contribution in [1.29, 1.82) is 0 Å². The number of primary amides is 1. The van der Waals surface area contributed by atoms with Crippen molar-refractivity contribution in [3.8, 4) is 0 Å². The second-order valence-electron chi connectivity index (χ2n) is 8.35. The number of benzene rings is 4. The number of hydrogen-bond donors (Lipinski definition) is 2. The lowest BCUT2D eigenvalue weighted by Gasteiger charge is -2.22. The highest BCUT2D eigenvalue weighted by molar-refractivity contribution is 6.11. The lowest BCUT2D eigenvalue weighted by atomic mass is 10.0. The Balaban J connectivity index is 0.000000147. The zero-order valence-electron chi connectivity index (χ0n) is 18.9. The summed E-state index contributed by atoms with van der Waals surface area (Å²) in [5.41, 5.74) is 11.8. The molecule has 0 aliphatic carbocycles. The zero-order valence-corrected chi connectivity index (χ0v) is 18.9. The first-order valence-corrected chi connectivity index (χ1v) is 11.3. The van der Waals surface area contributed by atoms with Crippen LogP contribution in [0.4, 0.5) is 27.5 Å². The minimum atomic E-state index is -0.588. The van der Waals surface area contributed by atoms with E-state index in [1.165, 1.54) is 4.90 Å². The number of carbonyl (C=O) groups excluding carboxylic acids is 3. The van der Waals surface area contributed by atoms with Crippen molar-refractivity contribution in [1.82, 2.24) is 0 Å². The van der Waals surface area contributed by atoms with Gasteiger partial charge in [-0.15, -0.1) is 0 Å². The van der Waals surface area contributed by atoms with Gasteiger partial charge in [-0.1, -0.05) is 60.7 Å². The molecule has 0 bridgehead atoms. The molecule has 0 atom stereocenters. The van der Waals surface area contributed by atoms with Gasteiger partial charge in [-0.2, -0.15) is 0 Å². The number of nitrogens with zero attached hydrogens (tertiary/aromatic N) is 1. The number of Topliss-reactive ketones (excluding diaryl/α,β-unsaturated/α-hetero) is 2. The predicted octanol–water partition coefficient (Wildman–Crippen LogP) is 5.81. The van der Waals surface area contributed by atoms with E-state index < -0.39 is 6.03 Å². The van der Waals surface area contributed by atoms with Gasteiger partial charge in [-0.3, -0.25) is 14.5 Å². The smallest absolute Gasteiger partial charge is 0.323 e. The molecule has 0 spiro atoms. The Morgan fingerprint density at radius 1 is 0.629 bits per heavy atom. The summed E-state index contributed by atoms with van der Waals surface area (Å²) in [6, 6.07) is 29.3. The fourth-order valence-corrected chi connectivity index (χ4v) is 4.46. The Morgan fingerprint density at radius 2 is 1.14 bits per heavy atom. The third kappa shape index (κ3) is 4.29. The highest BCUT2D eigenvalue weighted by atomic mass is 16.2. The number of para-hydroxylation sites is 4. The van der Waals surface area contributed by atoms with E-state index in [-0.39, 0.29) is 18.0 Å². The van der Waals surface area contributed by atoms with E-state index in [0.29, 0.717) is 23.4 Å². The van der Waals surface area contributed by atoms with Crippen LogP contribution in [-0.2, 0) is 12.8 Å². The molecule has 35 heavy (non-hydrogen) atoms. The molecule has 0 saturated carbocycles. The number of nitrogens with two attached hydrogens (primary N) is 1. The van der Waals surface area contributed by atoms with Gasteiger partial charge in [0.2, 0.25) is 0 Å². The summed E-state index contributed by atoms with van der Waals surface area (Å²) in [5.74, 6) is 0.167. The van der Waals surface area contributed by atoms with Crippen LogP contribution in [0.1, 0.15) is 31.8 Å². The van der Waals surface area contributed by atoms with E-state index in [9.17, 15) is 14.4 Å². The number of nitrogens with one attached hydrogen (secondary N) is 1. The zero-order chi connectivity index (χ0) is 24.4. The summed E-state index contributed by atoms with van der Waals surface area (Å²) in [5, 5.41) is 3.31. The van der Waals surface area contributed by atoms with Gasteiger partial charge in [-0.25, -0.2) is 4.79 Å². The highest BCUT2D eigenvalue weighted by Gasteiger charge is 2.27. The van der Waals surface area contributed by atoms with Crippen LogP contribution in [0.3, 0.4) is 0 Å². The fourth-order valence-electron chi connectivity index (χ4n) is 4.46. The number of fused-ring (bicyclic) bond motifs is 4. The number of urea groups is 1. The van der Waals surface area contributed by atoms with E-state index in [1.807, 2.05) is 66.7 Å². The molecule has 172 valence electrons. The molecule has 0 fully saturated rings. The van der Waals surface area contributed by atoms with Crippen LogP contribution in [0.15, 0.2) is 97.1 Å². The van der Waals surface area contributed by atoms with Gasteiger partial charge in [0.15, 0.2) is 11.6 Å². The van der Waals surface area contributed by atoms with Crippen LogP contribution in [-0.4, -0.2) is 17.6 Å². The molecule has 2 aliphatic rings. The van der Waals surface area contributed by atoms with Crippen LogP contribution in [0, 0.1) is 0 Å². The Morgan fingerprint density at radius 3 is 1.89 bits per heavy atom. The molecule has 0 aromatic heterocycles. The molecule has 2 amide bonds. The quantitative estimate of drug-likeness (QED) is 0.346. The standard InChI is InChI=1S/C15H12N2O2.C14H11NO/c16-15(19)17-12-7-3-1-5-10(12)9-14(18)11-6-2-4-8-13(11)17;16-14-9-10-5-1-3-7-12(10)15-13-8-4-2-6-11(13)14/h1-8H,9H2,(H2,16,19);1-8,15H,9H2. The van der Waals surface area contributed by atoms with Gasteiger partial charge in [-0.05, 0) is 47.5 Å². The monoisotopic (exact) mass is 461 g/mol. The van der Waals surface area contributed by atoms with E-state index in [1.54, 1.807) is 30.3 Å². The van der Waals surface area contributed by atoms with Crippen molar-refractivity contribution in [3.63, 3.8) is 0 Å². The highest BCUT2D eigenvalue weighted by Crippen LogP contribution is 2.35. The average Bonchev–Trinajstić information content (AvgIpc) is 3.09. The third-order valence-corrected chi connectivity index (χ3v) is 6.11. The van der Waals surface area contributed by atoms with Gasteiger partial charge in [0.25, 0.3) is 0 Å². The van der Waals surface area contributed by atoms with Gasteiger partial charge >= 0.3 is 6.03 Å². The maximum Gasteiger partial charge on any atom is 0.323 e. The molecule has 4 aromatic carbocycles. The molecule has 0 saturated heterocycles. The van der Waals surface area contributed by atoms with E-state index >= 15 is 0 Å². The van der Waals surface area contributed by atoms with E-state index in [0.717, 1.165) is 28.1 Å². The van der Waals surface area contributed by atoms with Crippen LogP contribution >= 0.6 is 0 Å². The second-order valence-corrected chi connectivity index (χ2v) is 8.35. The Labute approximate surface area is 203 Å². The normalized spacial score (nSPS) is 13.4. The number of rotatable bonds is 0. The molecular formula is C29H23N3O3. The number of carbonyl (C=O) groups is 3. The first-order valence-electron chi connectivity index (χ1n) is 11.3. The fraction of sp³-hybridized carbons (Fsp3) is 0.0690. The van der Waals surface area contributed by atoms with E-state index in [2.05, 4.69) is 5.32 Å². The maximum atomic E-state index is 12.3. The molecule has 2 heterocycles. The van der Waals surface area contributed by atoms with Crippen LogP contribution in [0.25, 0.3) is 0 Å². The van der Waals surface area contributed by atoms with Gasteiger partial charge in [0.05, 0.1) is 11.4 Å². The first-order chi connectivity index (χ1) is 17.0. The molecule has 6 heteroatoms. The first kappa shape index (κ1) is 22.1. The number of amides is 2. The number of ketones is 2. The predicted molar refractivity (Wildman–Crippen MR) is 137 cm³/mol. The SMILES string of the molecule is NC(=O)N1c2ccccc2CC(=O)c2ccccc21.O=C1Cc2ccccc2Nc2ccccc21. The van der Waals surface area contributed by atoms with Gasteiger partial charge in [0.1, 0.15) is 0 Å². The summed E-state index contributed by atoms with van der Waals surface area (Å²) in [6.07, 6.45) is 0.747. The molecule has 3 N–H and O–H groups in total. The topological polar surface area (TPSA) is 92.5 Å². The van der Waals surface area contributed by atoms with Crippen molar-refractivity contribution in [2.24, 2.45) is 5.73 Å². The van der Waals surface area contributed by atoms with Crippen LogP contribution < -0.4 is 16.0 Å². The Hall–Kier alpha value is -4.71. The average molecular weight is 462 g/mol. The molecule has 6 nitrogen and oxygen atoms in total. The van der Waals surface area contributed by atoms with Crippen molar-refractivity contribution in [2.45, 2.75) is 12.8 Å². The molecule has 2 aliphatic heterocycles. The number of anilines is 4. The number of hydrogen-bond acceptors (Lipinski definition) is 4. The van der Waals surface area contributed by atoms with Crippen molar-refractivity contribution >= 4 is 40.3 Å². The van der Waals surface area contributed by atoms with Crippen molar-refractivity contribution in [3.05, 3.63) is 119 Å². The van der Waals surface area contributed by atoms with Gasteiger partial charge in [0, 0.05) is 35.3 Å². The van der Waals surface area contributed by atoms with E-state index in [4.69, 9.17) is 5.73 Å². The third-order valence-electron chi connectivity index (χ3n) is 6.11. The molecular weight excluding hydrogens is 438 g/mol. The summed E-state index contributed by atoms with van der Waals surface area (Å²) >= 11 is 0. The lowest BCUT2D eigenvalue weighted by Crippen LogP contribution is -2.32. The van der Waals surface area contributed by atoms with Crippen LogP contribution in [0.5, 0.6) is 0 Å². The Bertz CT molecular complexity index is 1460. The molecule has 6 rings (SSSR count). The van der Waals surface area contributed by atoms with Gasteiger partial charge < -0.3 is 11.1 Å². The van der Waals surface area contributed by atoms with Crippen LogP contribution in [0.2, 0.25) is 0 Å². The minimum Gasteiger partial charge on any atom is -0.355 e.